The number of allylic oxidation sites excluding steroid dienone is 1. The molecule has 0 bridgehead atoms. The molecule has 1 saturated heterocycles. The van der Waals surface area contributed by atoms with Gasteiger partial charge in [-0.1, -0.05) is 38.3 Å². The van der Waals surface area contributed by atoms with Crippen LogP contribution in [0.4, 0.5) is 0 Å². The zero-order valence-corrected chi connectivity index (χ0v) is 16.0. The molecular weight excluding hydrogens is 373 g/mol. The van der Waals surface area contributed by atoms with Crippen molar-refractivity contribution < 1.29 is 4.79 Å². The fourth-order valence-electron chi connectivity index (χ4n) is 2.55. The first-order valence-electron chi connectivity index (χ1n) is 7.23. The summed E-state index contributed by atoms with van der Waals surface area (Å²) in [6, 6.07) is 0. The molecule has 22 heavy (non-hydrogen) atoms. The summed E-state index contributed by atoms with van der Waals surface area (Å²) in [5, 5.41) is 1.50. The molecule has 0 aromatic carbocycles. The third-order valence-corrected chi connectivity index (χ3v) is 9.48. The molecule has 2 unspecified atom stereocenters. The van der Waals surface area contributed by atoms with Crippen LogP contribution in [0.3, 0.4) is 0 Å². The minimum Gasteiger partial charge on any atom is -0.296 e. The number of carbonyl (C=O) groups excluding carboxylic acids is 1. The molecule has 3 rings (SSSR count). The molecule has 1 aromatic heterocycles. The maximum absolute atomic E-state index is 12.7. The molecule has 3 heterocycles. The van der Waals surface area contributed by atoms with Gasteiger partial charge in [0.2, 0.25) is 0 Å². The predicted octanol–water partition coefficient (Wildman–Crippen LogP) is 5.05. The van der Waals surface area contributed by atoms with Gasteiger partial charge < -0.3 is 0 Å². The van der Waals surface area contributed by atoms with E-state index in [4.69, 9.17) is 12.2 Å². The Bertz CT molecular complexity index is 630. The molecule has 1 fully saturated rings. The van der Waals surface area contributed by atoms with Crippen LogP contribution >= 0.6 is 54.5 Å². The van der Waals surface area contributed by atoms with Crippen LogP contribution in [0.2, 0.25) is 0 Å². The van der Waals surface area contributed by atoms with Crippen molar-refractivity contribution in [2.45, 2.75) is 42.9 Å². The van der Waals surface area contributed by atoms with Gasteiger partial charge in [0.25, 0.3) is 0 Å². The predicted molar refractivity (Wildman–Crippen MR) is 102 cm³/mol. The lowest BCUT2D eigenvalue weighted by Crippen LogP contribution is -2.30. The molecular formula is C14H16N2OS5. The number of hydrogen-bond acceptors (Lipinski definition) is 8. The van der Waals surface area contributed by atoms with Gasteiger partial charge in [-0.25, -0.2) is 4.98 Å². The van der Waals surface area contributed by atoms with Crippen LogP contribution < -0.4 is 0 Å². The van der Waals surface area contributed by atoms with Crippen molar-refractivity contribution in [3.8, 4) is 0 Å². The molecule has 3 nitrogen and oxygen atoms in total. The number of Topliss-reactive ketones (excluding diaryl/α,β-unsaturated/α-hetero) is 1. The summed E-state index contributed by atoms with van der Waals surface area (Å²) in [5.41, 5.74) is -0.893. The van der Waals surface area contributed by atoms with E-state index in [2.05, 4.69) is 9.98 Å². The van der Waals surface area contributed by atoms with Crippen molar-refractivity contribution in [2.75, 3.05) is 5.75 Å². The van der Waals surface area contributed by atoms with Crippen LogP contribution in [0, 0.1) is 3.95 Å². The Labute approximate surface area is 150 Å². The maximum Gasteiger partial charge on any atom is 0.191 e. The SMILES string of the molecule is O=C(CCCCC1CCSS1)C1(c2nc(=S)ss2)C=CC=N1. The second kappa shape index (κ2) is 7.70. The number of carbonyl (C=O) groups is 1. The molecule has 1 aromatic rings. The quantitative estimate of drug-likeness (QED) is 0.371. The van der Waals surface area contributed by atoms with Crippen molar-refractivity contribution in [2.24, 2.45) is 4.99 Å². The van der Waals surface area contributed by atoms with E-state index in [0.29, 0.717) is 10.4 Å². The zero-order valence-electron chi connectivity index (χ0n) is 11.9. The van der Waals surface area contributed by atoms with Crippen LogP contribution in [0.5, 0.6) is 0 Å². The monoisotopic (exact) mass is 388 g/mol. The number of hydrogen-bond donors (Lipinski definition) is 0. The van der Waals surface area contributed by atoms with E-state index in [1.807, 2.05) is 33.7 Å². The van der Waals surface area contributed by atoms with Crippen LogP contribution in [0.1, 0.15) is 37.1 Å². The van der Waals surface area contributed by atoms with Crippen molar-refractivity contribution in [3.63, 3.8) is 0 Å². The van der Waals surface area contributed by atoms with Gasteiger partial charge in [-0.05, 0) is 54.0 Å². The Morgan fingerprint density at radius 1 is 1.41 bits per heavy atom. The van der Waals surface area contributed by atoms with Crippen LogP contribution in [-0.4, -0.2) is 28.0 Å². The number of unbranched alkanes of at least 4 members (excludes halogenated alkanes) is 1. The molecule has 118 valence electrons. The lowest BCUT2D eigenvalue weighted by atomic mass is 9.92. The Hall–Kier alpha value is -0.0200. The minimum atomic E-state index is -0.893. The van der Waals surface area contributed by atoms with Crippen LogP contribution in [-0.2, 0) is 10.3 Å². The first-order chi connectivity index (χ1) is 10.7. The van der Waals surface area contributed by atoms with E-state index < -0.39 is 5.54 Å². The van der Waals surface area contributed by atoms with Crippen molar-refractivity contribution >= 4 is 66.5 Å². The number of nitrogens with zero attached hydrogens (tertiary/aromatic N) is 2. The lowest BCUT2D eigenvalue weighted by molar-refractivity contribution is -0.122. The number of aromatic nitrogens is 1. The minimum absolute atomic E-state index is 0.141. The van der Waals surface area contributed by atoms with Crippen LogP contribution in [0.25, 0.3) is 0 Å². The van der Waals surface area contributed by atoms with Gasteiger partial charge in [0.05, 0.1) is 0 Å². The van der Waals surface area contributed by atoms with Crippen molar-refractivity contribution in [1.82, 2.24) is 4.98 Å². The highest BCUT2D eigenvalue weighted by molar-refractivity contribution is 8.77. The van der Waals surface area contributed by atoms with E-state index in [-0.39, 0.29) is 5.78 Å². The number of ketones is 1. The van der Waals surface area contributed by atoms with E-state index >= 15 is 0 Å². The zero-order chi connectivity index (χ0) is 15.4. The van der Waals surface area contributed by atoms with E-state index in [0.717, 1.165) is 23.1 Å². The molecule has 8 heteroatoms. The summed E-state index contributed by atoms with van der Waals surface area (Å²) in [6.45, 7) is 0. The lowest BCUT2D eigenvalue weighted by Gasteiger charge is -2.19. The molecule has 2 aliphatic heterocycles. The third-order valence-electron chi connectivity index (χ3n) is 3.74. The van der Waals surface area contributed by atoms with E-state index in [9.17, 15) is 4.79 Å². The Morgan fingerprint density at radius 2 is 2.32 bits per heavy atom. The second-order valence-corrected chi connectivity index (χ2v) is 10.8. The van der Waals surface area contributed by atoms with E-state index in [1.54, 1.807) is 6.21 Å². The van der Waals surface area contributed by atoms with Gasteiger partial charge in [-0.15, -0.1) is 0 Å². The summed E-state index contributed by atoms with van der Waals surface area (Å²) in [7, 11) is 6.88. The summed E-state index contributed by atoms with van der Waals surface area (Å²) < 4.78 is 0.582. The molecule has 0 spiro atoms. The summed E-state index contributed by atoms with van der Waals surface area (Å²) in [4.78, 5) is 21.5. The summed E-state index contributed by atoms with van der Waals surface area (Å²) in [6.07, 6.45) is 10.5. The highest BCUT2D eigenvalue weighted by atomic mass is 33.1. The van der Waals surface area contributed by atoms with Crippen molar-refractivity contribution in [1.29, 1.82) is 0 Å². The first kappa shape index (κ1) is 16.8. The van der Waals surface area contributed by atoms with Crippen LogP contribution in [0.15, 0.2) is 17.1 Å². The number of rotatable bonds is 7. The Morgan fingerprint density at radius 3 is 2.95 bits per heavy atom. The topological polar surface area (TPSA) is 42.3 Å². The third kappa shape index (κ3) is 3.72. The fraction of sp³-hybridized carbons (Fsp3) is 0.571. The average Bonchev–Trinajstić information content (AvgIpc) is 3.24. The molecule has 2 atom stereocenters. The molecule has 2 aliphatic rings. The summed E-state index contributed by atoms with van der Waals surface area (Å²) in [5.74, 6) is 1.41. The normalized spacial score (nSPS) is 26.8. The first-order valence-corrected chi connectivity index (χ1v) is 12.2. The standard InChI is InChI=1S/C14H16N2OS5/c17-11(5-2-1-4-10-6-9-19-20-10)14(7-3-8-15-14)12-16-13(18)22-21-12/h3,7-8,10H,1-2,4-6,9H2. The van der Waals surface area contributed by atoms with E-state index in [1.165, 1.54) is 39.3 Å². The second-order valence-electron chi connectivity index (χ2n) is 5.25. The highest BCUT2D eigenvalue weighted by Gasteiger charge is 2.40. The van der Waals surface area contributed by atoms with Crippen molar-refractivity contribution in [3.05, 3.63) is 21.1 Å². The molecule has 0 saturated carbocycles. The largest absolute Gasteiger partial charge is 0.296 e. The molecule has 0 N–H and O–H groups in total. The van der Waals surface area contributed by atoms with Gasteiger partial charge in [0, 0.05) is 23.6 Å². The molecule has 0 aliphatic carbocycles. The smallest absolute Gasteiger partial charge is 0.191 e. The Balaban J connectivity index is 1.58. The Kier molecular flexibility index (Phi) is 5.89. The average molecular weight is 389 g/mol. The molecule has 0 radical (unpaired) electrons. The van der Waals surface area contributed by atoms with Gasteiger partial charge in [0.1, 0.15) is 5.01 Å². The van der Waals surface area contributed by atoms with Gasteiger partial charge in [0.15, 0.2) is 15.3 Å². The van der Waals surface area contributed by atoms with Gasteiger partial charge in [-0.3, -0.25) is 9.79 Å². The van der Waals surface area contributed by atoms with Gasteiger partial charge in [-0.2, -0.15) is 0 Å². The summed E-state index contributed by atoms with van der Waals surface area (Å²) >= 11 is 5.10. The maximum atomic E-state index is 12.7. The highest BCUT2D eigenvalue weighted by Crippen LogP contribution is 2.40. The number of aliphatic imine (C=N–C) groups is 1. The van der Waals surface area contributed by atoms with Gasteiger partial charge >= 0.3 is 0 Å². The fourth-order valence-corrected chi connectivity index (χ4v) is 7.92. The molecule has 0 amide bonds.